The maximum atomic E-state index is 12.6. The van der Waals surface area contributed by atoms with E-state index in [1.165, 1.54) is 6.20 Å². The highest BCUT2D eigenvalue weighted by Crippen LogP contribution is 2.30. The van der Waals surface area contributed by atoms with Crippen LogP contribution in [0.5, 0.6) is 5.75 Å². The third-order valence-corrected chi connectivity index (χ3v) is 4.32. The normalized spacial score (nSPS) is 10.3. The third-order valence-electron chi connectivity index (χ3n) is 4.09. The number of pyridine rings is 1. The molecule has 1 aromatic heterocycles. The maximum absolute atomic E-state index is 12.6. The lowest BCUT2D eigenvalue weighted by molar-refractivity contribution is 0.102. The first-order chi connectivity index (χ1) is 13.1. The summed E-state index contributed by atoms with van der Waals surface area (Å²) in [6.07, 6.45) is 4.01. The molecule has 0 aliphatic carbocycles. The molecule has 0 unspecified atom stereocenters. The van der Waals surface area contributed by atoms with E-state index < -0.39 is 0 Å². The summed E-state index contributed by atoms with van der Waals surface area (Å²) in [5.41, 5.74) is 3.69. The number of nitrogens with zero attached hydrogens (tertiary/aromatic N) is 1. The number of hydrogen-bond acceptors (Lipinski definition) is 4. The lowest BCUT2D eigenvalue weighted by Gasteiger charge is -2.13. The van der Waals surface area contributed by atoms with E-state index in [0.717, 1.165) is 17.7 Å². The van der Waals surface area contributed by atoms with Crippen LogP contribution in [0.4, 0.5) is 17.1 Å². The van der Waals surface area contributed by atoms with Crippen LogP contribution in [0.15, 0.2) is 60.9 Å². The van der Waals surface area contributed by atoms with E-state index in [4.69, 9.17) is 16.3 Å². The molecule has 1 amide bonds. The van der Waals surface area contributed by atoms with Gasteiger partial charge in [-0.25, -0.2) is 0 Å². The van der Waals surface area contributed by atoms with Crippen LogP contribution in [0.3, 0.4) is 0 Å². The molecule has 3 rings (SSSR count). The Balaban J connectivity index is 1.81. The van der Waals surface area contributed by atoms with E-state index in [0.29, 0.717) is 27.7 Å². The lowest BCUT2D eigenvalue weighted by atomic mass is 10.1. The van der Waals surface area contributed by atoms with Gasteiger partial charge in [0.05, 0.1) is 30.2 Å². The Bertz CT molecular complexity index is 960. The van der Waals surface area contributed by atoms with Gasteiger partial charge in [0.1, 0.15) is 5.75 Å². The van der Waals surface area contributed by atoms with E-state index in [-0.39, 0.29) is 5.91 Å². The van der Waals surface area contributed by atoms with Crippen LogP contribution >= 0.6 is 11.6 Å². The number of halogens is 1. The van der Waals surface area contributed by atoms with Crippen molar-refractivity contribution in [2.45, 2.75) is 13.3 Å². The second-order valence-corrected chi connectivity index (χ2v) is 6.33. The molecule has 3 aromatic rings. The summed E-state index contributed by atoms with van der Waals surface area (Å²) in [5, 5.41) is 6.72. The van der Waals surface area contributed by atoms with Gasteiger partial charge < -0.3 is 15.4 Å². The fourth-order valence-corrected chi connectivity index (χ4v) is 2.88. The number of para-hydroxylation sites is 1. The van der Waals surface area contributed by atoms with Gasteiger partial charge in [-0.15, -0.1) is 0 Å². The van der Waals surface area contributed by atoms with E-state index in [9.17, 15) is 4.79 Å². The van der Waals surface area contributed by atoms with Crippen molar-refractivity contribution in [1.29, 1.82) is 0 Å². The number of carbonyl (C=O) groups excluding carboxylic acids is 1. The molecule has 2 N–H and O–H groups in total. The Hall–Kier alpha value is -3.05. The molecule has 138 valence electrons. The van der Waals surface area contributed by atoms with Crippen molar-refractivity contribution in [3.8, 4) is 5.75 Å². The van der Waals surface area contributed by atoms with Crippen molar-refractivity contribution < 1.29 is 9.53 Å². The van der Waals surface area contributed by atoms with Crippen LogP contribution in [0.2, 0.25) is 5.02 Å². The molecule has 0 spiro atoms. The monoisotopic (exact) mass is 381 g/mol. The molecule has 0 aliphatic heterocycles. The molecular formula is C21H20ClN3O2. The number of aromatic nitrogens is 1. The molecule has 5 nitrogen and oxygen atoms in total. The highest BCUT2D eigenvalue weighted by atomic mass is 35.5. The molecule has 0 radical (unpaired) electrons. The minimum Gasteiger partial charge on any atom is -0.495 e. The average molecular weight is 382 g/mol. The Morgan fingerprint density at radius 1 is 1.11 bits per heavy atom. The number of benzene rings is 2. The zero-order chi connectivity index (χ0) is 19.2. The highest BCUT2D eigenvalue weighted by molar-refractivity contribution is 6.31. The Kier molecular flexibility index (Phi) is 5.94. The predicted molar refractivity (Wildman–Crippen MR) is 109 cm³/mol. The van der Waals surface area contributed by atoms with Gasteiger partial charge >= 0.3 is 0 Å². The van der Waals surface area contributed by atoms with Crippen molar-refractivity contribution in [3.05, 3.63) is 77.1 Å². The quantitative estimate of drug-likeness (QED) is 0.608. The largest absolute Gasteiger partial charge is 0.495 e. The van der Waals surface area contributed by atoms with Crippen molar-refractivity contribution in [1.82, 2.24) is 4.98 Å². The van der Waals surface area contributed by atoms with E-state index in [1.807, 2.05) is 24.3 Å². The Morgan fingerprint density at radius 2 is 1.93 bits per heavy atom. The average Bonchev–Trinajstić information content (AvgIpc) is 2.69. The molecule has 0 fully saturated rings. The lowest BCUT2D eigenvalue weighted by Crippen LogP contribution is -2.13. The molecule has 0 saturated carbocycles. The highest BCUT2D eigenvalue weighted by Gasteiger charge is 2.11. The minimum atomic E-state index is -0.217. The summed E-state index contributed by atoms with van der Waals surface area (Å²) < 4.78 is 5.33. The summed E-state index contributed by atoms with van der Waals surface area (Å²) in [7, 11) is 1.59. The number of ether oxygens (including phenoxy) is 1. The molecule has 0 atom stereocenters. The fourth-order valence-electron chi connectivity index (χ4n) is 2.71. The topological polar surface area (TPSA) is 63.2 Å². The van der Waals surface area contributed by atoms with Crippen molar-refractivity contribution in [2.75, 3.05) is 17.7 Å². The van der Waals surface area contributed by atoms with Crippen LogP contribution in [-0.4, -0.2) is 18.0 Å². The summed E-state index contributed by atoms with van der Waals surface area (Å²) in [5.74, 6) is 0.427. The standard InChI is InChI=1S/C21H20ClN3O2/c1-3-14-6-4-5-7-18(14)25-21(26)15-10-17(13-23-12-15)24-19-11-16(22)8-9-20(19)27-2/h4-13,24H,3H2,1-2H3,(H,25,26). The summed E-state index contributed by atoms with van der Waals surface area (Å²) in [6, 6.07) is 14.8. The molecule has 0 saturated heterocycles. The SMILES string of the molecule is CCc1ccccc1NC(=O)c1cncc(Nc2cc(Cl)ccc2OC)c1. The number of amides is 1. The van der Waals surface area contributed by atoms with E-state index in [1.54, 1.807) is 37.6 Å². The number of carbonyl (C=O) groups is 1. The number of hydrogen-bond donors (Lipinski definition) is 2. The number of anilines is 3. The smallest absolute Gasteiger partial charge is 0.257 e. The maximum Gasteiger partial charge on any atom is 0.257 e. The zero-order valence-corrected chi connectivity index (χ0v) is 15.9. The van der Waals surface area contributed by atoms with Gasteiger partial charge in [-0.3, -0.25) is 9.78 Å². The van der Waals surface area contributed by atoms with E-state index >= 15 is 0 Å². The van der Waals surface area contributed by atoms with Gasteiger partial charge in [0.15, 0.2) is 0 Å². The number of aryl methyl sites for hydroxylation is 1. The Morgan fingerprint density at radius 3 is 2.70 bits per heavy atom. The van der Waals surface area contributed by atoms with Gasteiger partial charge in [-0.1, -0.05) is 36.7 Å². The third kappa shape index (κ3) is 4.57. The minimum absolute atomic E-state index is 0.217. The van der Waals surface area contributed by atoms with Crippen LogP contribution in [0, 0.1) is 0 Å². The van der Waals surface area contributed by atoms with Crippen LogP contribution in [0.1, 0.15) is 22.8 Å². The molecule has 27 heavy (non-hydrogen) atoms. The van der Waals surface area contributed by atoms with Gasteiger partial charge in [0.25, 0.3) is 5.91 Å². The molecule has 0 bridgehead atoms. The van der Waals surface area contributed by atoms with Crippen molar-refractivity contribution in [3.63, 3.8) is 0 Å². The number of methoxy groups -OCH3 is 1. The van der Waals surface area contributed by atoms with Gasteiger partial charge in [0.2, 0.25) is 0 Å². The second-order valence-electron chi connectivity index (χ2n) is 5.90. The number of rotatable bonds is 6. The first-order valence-electron chi connectivity index (χ1n) is 8.55. The van der Waals surface area contributed by atoms with Crippen molar-refractivity contribution in [2.24, 2.45) is 0 Å². The second kappa shape index (κ2) is 8.56. The first kappa shape index (κ1) is 18.7. The molecule has 1 heterocycles. The van der Waals surface area contributed by atoms with E-state index in [2.05, 4.69) is 22.5 Å². The molecule has 2 aromatic carbocycles. The summed E-state index contributed by atoms with van der Waals surface area (Å²) in [4.78, 5) is 16.8. The van der Waals surface area contributed by atoms with Gasteiger partial charge in [0, 0.05) is 16.9 Å². The van der Waals surface area contributed by atoms with Crippen LogP contribution in [0.25, 0.3) is 0 Å². The fraction of sp³-hybridized carbons (Fsp3) is 0.143. The Labute approximate surface area is 163 Å². The van der Waals surface area contributed by atoms with Crippen LogP contribution < -0.4 is 15.4 Å². The summed E-state index contributed by atoms with van der Waals surface area (Å²) in [6.45, 7) is 2.05. The summed E-state index contributed by atoms with van der Waals surface area (Å²) >= 11 is 6.07. The van der Waals surface area contributed by atoms with Gasteiger partial charge in [-0.05, 0) is 42.3 Å². The molecule has 6 heteroatoms. The molecular weight excluding hydrogens is 362 g/mol. The predicted octanol–water partition coefficient (Wildman–Crippen LogP) is 5.30. The first-order valence-corrected chi connectivity index (χ1v) is 8.93. The number of nitrogens with one attached hydrogen (secondary N) is 2. The van der Waals surface area contributed by atoms with Gasteiger partial charge in [-0.2, -0.15) is 0 Å². The van der Waals surface area contributed by atoms with Crippen LogP contribution in [-0.2, 0) is 6.42 Å². The molecule has 0 aliphatic rings. The van der Waals surface area contributed by atoms with Crippen molar-refractivity contribution >= 4 is 34.6 Å². The zero-order valence-electron chi connectivity index (χ0n) is 15.1.